The van der Waals surface area contributed by atoms with Crippen molar-refractivity contribution in [3.05, 3.63) is 29.8 Å². The van der Waals surface area contributed by atoms with E-state index in [1.54, 1.807) is 0 Å². The molecule has 2 aliphatic rings. The molecule has 2 heterocycles. The van der Waals surface area contributed by atoms with E-state index in [2.05, 4.69) is 34.6 Å². The van der Waals surface area contributed by atoms with Crippen molar-refractivity contribution >= 4 is 11.6 Å². The standard InChI is InChI=1S/C19H29N3O/c1-14-4-3-9-22(12-14)13-16-5-7-18(8-6-16)21-19(23)15(2)17-10-20-11-17/h5-8,14-15,17,20H,3-4,9-13H2,1-2H3,(H,21,23). The summed E-state index contributed by atoms with van der Waals surface area (Å²) < 4.78 is 0. The molecule has 0 aliphatic carbocycles. The summed E-state index contributed by atoms with van der Waals surface area (Å²) in [6.45, 7) is 9.70. The highest BCUT2D eigenvalue weighted by atomic mass is 16.1. The van der Waals surface area contributed by atoms with Crippen LogP contribution in [0.1, 0.15) is 32.3 Å². The van der Waals surface area contributed by atoms with Gasteiger partial charge >= 0.3 is 0 Å². The summed E-state index contributed by atoms with van der Waals surface area (Å²) >= 11 is 0. The van der Waals surface area contributed by atoms with Crippen LogP contribution < -0.4 is 10.6 Å². The molecule has 4 heteroatoms. The number of anilines is 1. The van der Waals surface area contributed by atoms with Gasteiger partial charge in [0.15, 0.2) is 0 Å². The van der Waals surface area contributed by atoms with Crippen molar-refractivity contribution in [3.63, 3.8) is 0 Å². The number of hydrogen-bond donors (Lipinski definition) is 2. The van der Waals surface area contributed by atoms with Crippen molar-refractivity contribution in [2.45, 2.75) is 33.2 Å². The molecule has 126 valence electrons. The van der Waals surface area contributed by atoms with Gasteiger partial charge in [0, 0.05) is 24.7 Å². The molecule has 1 aromatic carbocycles. The second kappa shape index (κ2) is 7.45. The second-order valence-corrected chi connectivity index (χ2v) is 7.38. The van der Waals surface area contributed by atoms with Crippen LogP contribution in [0.2, 0.25) is 0 Å². The Morgan fingerprint density at radius 2 is 2.09 bits per heavy atom. The second-order valence-electron chi connectivity index (χ2n) is 7.38. The smallest absolute Gasteiger partial charge is 0.227 e. The number of hydrogen-bond acceptors (Lipinski definition) is 3. The highest BCUT2D eigenvalue weighted by Gasteiger charge is 2.28. The van der Waals surface area contributed by atoms with Gasteiger partial charge in [-0.2, -0.15) is 0 Å². The molecule has 4 nitrogen and oxygen atoms in total. The Morgan fingerprint density at radius 3 is 2.70 bits per heavy atom. The van der Waals surface area contributed by atoms with Crippen molar-refractivity contribution in [3.8, 4) is 0 Å². The normalized spacial score (nSPS) is 24.0. The van der Waals surface area contributed by atoms with Crippen molar-refractivity contribution in [1.29, 1.82) is 0 Å². The topological polar surface area (TPSA) is 44.4 Å². The van der Waals surface area contributed by atoms with Crippen LogP contribution in [0.25, 0.3) is 0 Å². The van der Waals surface area contributed by atoms with Crippen molar-refractivity contribution in [2.24, 2.45) is 17.8 Å². The summed E-state index contributed by atoms with van der Waals surface area (Å²) in [4.78, 5) is 14.8. The van der Waals surface area contributed by atoms with Gasteiger partial charge < -0.3 is 10.6 Å². The number of amides is 1. The van der Waals surface area contributed by atoms with Gasteiger partial charge in [-0.15, -0.1) is 0 Å². The fraction of sp³-hybridized carbons (Fsp3) is 0.632. The van der Waals surface area contributed by atoms with Crippen molar-refractivity contribution in [1.82, 2.24) is 10.2 Å². The minimum atomic E-state index is 0.0748. The first-order valence-corrected chi connectivity index (χ1v) is 8.94. The molecule has 0 aromatic heterocycles. The number of rotatable bonds is 5. The molecule has 1 amide bonds. The van der Waals surface area contributed by atoms with Gasteiger partial charge in [-0.25, -0.2) is 0 Å². The summed E-state index contributed by atoms with van der Waals surface area (Å²) in [7, 11) is 0. The SMILES string of the molecule is CC1CCCN(Cc2ccc(NC(=O)C(C)C3CNC3)cc2)C1. The van der Waals surface area contributed by atoms with Crippen LogP contribution in [-0.4, -0.2) is 37.0 Å². The van der Waals surface area contributed by atoms with E-state index < -0.39 is 0 Å². The molecule has 2 N–H and O–H groups in total. The van der Waals surface area contributed by atoms with Gasteiger partial charge in [0.1, 0.15) is 0 Å². The zero-order valence-corrected chi connectivity index (χ0v) is 14.3. The predicted molar refractivity (Wildman–Crippen MR) is 94.3 cm³/mol. The van der Waals surface area contributed by atoms with E-state index in [4.69, 9.17) is 0 Å². The van der Waals surface area contributed by atoms with Crippen LogP contribution in [0.5, 0.6) is 0 Å². The van der Waals surface area contributed by atoms with E-state index in [-0.39, 0.29) is 11.8 Å². The lowest BCUT2D eigenvalue weighted by molar-refractivity contribution is -0.121. The minimum Gasteiger partial charge on any atom is -0.326 e. The Balaban J connectivity index is 1.51. The largest absolute Gasteiger partial charge is 0.326 e. The molecule has 0 saturated carbocycles. The molecule has 2 saturated heterocycles. The number of nitrogens with one attached hydrogen (secondary N) is 2. The Hall–Kier alpha value is -1.39. The molecule has 2 fully saturated rings. The van der Waals surface area contributed by atoms with Crippen LogP contribution in [0.3, 0.4) is 0 Å². The lowest BCUT2D eigenvalue weighted by atomic mass is 9.88. The summed E-state index contributed by atoms with van der Waals surface area (Å²) in [6.07, 6.45) is 2.67. The van der Waals surface area contributed by atoms with Gasteiger partial charge in [0.2, 0.25) is 5.91 Å². The third-order valence-corrected chi connectivity index (χ3v) is 5.30. The van der Waals surface area contributed by atoms with Gasteiger partial charge in [-0.05, 0) is 62.0 Å². The summed E-state index contributed by atoms with van der Waals surface area (Å²) in [6, 6.07) is 8.35. The van der Waals surface area contributed by atoms with E-state index >= 15 is 0 Å². The average molecular weight is 315 g/mol. The molecular weight excluding hydrogens is 286 g/mol. The molecular formula is C19H29N3O. The van der Waals surface area contributed by atoms with Crippen LogP contribution in [0.4, 0.5) is 5.69 Å². The summed E-state index contributed by atoms with van der Waals surface area (Å²) in [5.74, 6) is 1.50. The zero-order valence-electron chi connectivity index (χ0n) is 14.3. The Kier molecular flexibility index (Phi) is 5.34. The number of nitrogens with zero attached hydrogens (tertiary/aromatic N) is 1. The van der Waals surface area contributed by atoms with E-state index in [0.717, 1.165) is 31.2 Å². The van der Waals surface area contributed by atoms with Crippen LogP contribution in [-0.2, 0) is 11.3 Å². The molecule has 1 aromatic rings. The fourth-order valence-corrected chi connectivity index (χ4v) is 3.52. The number of carbonyl (C=O) groups excluding carboxylic acids is 1. The molecule has 0 bridgehead atoms. The maximum absolute atomic E-state index is 12.2. The van der Waals surface area contributed by atoms with E-state index in [1.165, 1.54) is 31.5 Å². The molecule has 3 rings (SSSR count). The summed E-state index contributed by atoms with van der Waals surface area (Å²) in [5.41, 5.74) is 2.23. The number of piperidine rings is 1. The molecule has 2 unspecified atom stereocenters. The van der Waals surface area contributed by atoms with E-state index in [9.17, 15) is 4.79 Å². The summed E-state index contributed by atoms with van der Waals surface area (Å²) in [5, 5.41) is 6.27. The molecule has 0 radical (unpaired) electrons. The molecule has 23 heavy (non-hydrogen) atoms. The Morgan fingerprint density at radius 1 is 1.35 bits per heavy atom. The predicted octanol–water partition coefficient (Wildman–Crippen LogP) is 2.71. The van der Waals surface area contributed by atoms with Crippen LogP contribution in [0.15, 0.2) is 24.3 Å². The zero-order chi connectivity index (χ0) is 16.2. The monoisotopic (exact) mass is 315 g/mol. The first-order chi connectivity index (χ1) is 11.1. The molecule has 0 spiro atoms. The maximum Gasteiger partial charge on any atom is 0.227 e. The fourth-order valence-electron chi connectivity index (χ4n) is 3.52. The lowest BCUT2D eigenvalue weighted by Gasteiger charge is -2.31. The minimum absolute atomic E-state index is 0.0748. The number of likely N-dealkylation sites (tertiary alicyclic amines) is 1. The first-order valence-electron chi connectivity index (χ1n) is 8.94. The maximum atomic E-state index is 12.2. The van der Waals surface area contributed by atoms with Gasteiger partial charge in [0.05, 0.1) is 0 Å². The van der Waals surface area contributed by atoms with Crippen molar-refractivity contribution in [2.75, 3.05) is 31.5 Å². The highest BCUT2D eigenvalue weighted by molar-refractivity contribution is 5.92. The number of benzene rings is 1. The van der Waals surface area contributed by atoms with Crippen molar-refractivity contribution < 1.29 is 4.79 Å². The van der Waals surface area contributed by atoms with Gasteiger partial charge in [0.25, 0.3) is 0 Å². The molecule has 2 aliphatic heterocycles. The average Bonchev–Trinajstić information content (AvgIpc) is 2.47. The van der Waals surface area contributed by atoms with E-state index in [1.807, 2.05) is 19.1 Å². The van der Waals surface area contributed by atoms with Gasteiger partial charge in [-0.1, -0.05) is 26.0 Å². The Labute approximate surface area is 139 Å². The van der Waals surface area contributed by atoms with Gasteiger partial charge in [-0.3, -0.25) is 9.69 Å². The third kappa shape index (κ3) is 4.33. The third-order valence-electron chi connectivity index (χ3n) is 5.30. The molecule has 2 atom stereocenters. The van der Waals surface area contributed by atoms with Crippen LogP contribution in [0, 0.1) is 17.8 Å². The lowest BCUT2D eigenvalue weighted by Crippen LogP contribution is -2.48. The Bertz CT molecular complexity index is 524. The quantitative estimate of drug-likeness (QED) is 0.878. The van der Waals surface area contributed by atoms with Crippen LogP contribution >= 0.6 is 0 Å². The van der Waals surface area contributed by atoms with E-state index in [0.29, 0.717) is 5.92 Å². The number of carbonyl (C=O) groups is 1. The first kappa shape index (κ1) is 16.5. The highest BCUT2D eigenvalue weighted by Crippen LogP contribution is 2.20.